The summed E-state index contributed by atoms with van der Waals surface area (Å²) in [5, 5.41) is 0. The molecule has 0 radical (unpaired) electrons. The molecule has 0 aliphatic heterocycles. The Morgan fingerprint density at radius 3 is 1.45 bits per heavy atom. The lowest BCUT2D eigenvalue weighted by atomic mass is 10.1. The summed E-state index contributed by atoms with van der Waals surface area (Å²) in [5.74, 6) is -1.13. The van der Waals surface area contributed by atoms with Crippen molar-refractivity contribution in [2.45, 2.75) is 12.4 Å². The van der Waals surface area contributed by atoms with Gasteiger partial charge in [-0.05, 0) is 24.3 Å². The van der Waals surface area contributed by atoms with Crippen molar-refractivity contribution >= 4 is 5.78 Å². The largest absolute Gasteiger partial charge is 0.416 e. The van der Waals surface area contributed by atoms with Crippen LogP contribution >= 0.6 is 0 Å². The third kappa shape index (κ3) is 3.41. The van der Waals surface area contributed by atoms with E-state index in [2.05, 4.69) is 9.97 Å². The zero-order chi connectivity index (χ0) is 16.5. The Morgan fingerprint density at radius 1 is 0.773 bits per heavy atom. The summed E-state index contributed by atoms with van der Waals surface area (Å²) < 4.78 is 75.3. The second-order valence-electron chi connectivity index (χ2n) is 4.18. The Kier molecular flexibility index (Phi) is 3.90. The standard InChI is InChI=1S/C13H6F6N2O/c14-12(15,16)7-1-3-20-9(5-7)11(22)10-6-8(2-4-21-10)13(17,18)19/h1-6H. The van der Waals surface area contributed by atoms with E-state index in [-0.39, 0.29) is 0 Å². The maximum absolute atomic E-state index is 12.6. The Balaban J connectivity index is 2.41. The second kappa shape index (κ2) is 5.39. The maximum Gasteiger partial charge on any atom is 0.416 e. The van der Waals surface area contributed by atoms with Gasteiger partial charge in [-0.3, -0.25) is 14.8 Å². The van der Waals surface area contributed by atoms with Crippen LogP contribution in [0.3, 0.4) is 0 Å². The number of carbonyl (C=O) groups is 1. The van der Waals surface area contributed by atoms with Crippen LogP contribution in [0.2, 0.25) is 0 Å². The number of halogens is 6. The number of hydrogen-bond acceptors (Lipinski definition) is 3. The molecule has 22 heavy (non-hydrogen) atoms. The van der Waals surface area contributed by atoms with Crippen LogP contribution in [-0.2, 0) is 12.4 Å². The number of ketones is 1. The fourth-order valence-corrected chi connectivity index (χ4v) is 1.59. The van der Waals surface area contributed by atoms with Crippen LogP contribution in [0.15, 0.2) is 36.7 Å². The molecule has 0 aliphatic carbocycles. The zero-order valence-corrected chi connectivity index (χ0v) is 10.5. The van der Waals surface area contributed by atoms with E-state index in [1.54, 1.807) is 0 Å². The highest BCUT2D eigenvalue weighted by Crippen LogP contribution is 2.31. The SMILES string of the molecule is O=C(c1cc(C(F)(F)F)ccn1)c1cc(C(F)(F)F)ccn1. The normalized spacial score (nSPS) is 12.3. The van der Waals surface area contributed by atoms with Gasteiger partial charge in [0.25, 0.3) is 0 Å². The number of rotatable bonds is 2. The van der Waals surface area contributed by atoms with Crippen molar-refractivity contribution in [1.29, 1.82) is 0 Å². The maximum atomic E-state index is 12.6. The van der Waals surface area contributed by atoms with Crippen molar-refractivity contribution in [3.63, 3.8) is 0 Å². The molecular weight excluding hydrogens is 314 g/mol. The minimum atomic E-state index is -4.70. The molecule has 2 aromatic rings. The molecule has 116 valence electrons. The molecule has 0 saturated heterocycles. The van der Waals surface area contributed by atoms with Gasteiger partial charge in [-0.15, -0.1) is 0 Å². The van der Waals surface area contributed by atoms with Gasteiger partial charge in [-0.25, -0.2) is 0 Å². The summed E-state index contributed by atoms with van der Waals surface area (Å²) in [5.41, 5.74) is -3.53. The van der Waals surface area contributed by atoms with Crippen molar-refractivity contribution in [3.05, 3.63) is 59.2 Å². The first-order valence-electron chi connectivity index (χ1n) is 5.70. The minimum absolute atomic E-state index is 0.463. The van der Waals surface area contributed by atoms with Gasteiger partial charge in [0.1, 0.15) is 11.4 Å². The summed E-state index contributed by atoms with van der Waals surface area (Å²) in [6.45, 7) is 0. The number of hydrogen-bond donors (Lipinski definition) is 0. The Hall–Kier alpha value is -2.45. The quantitative estimate of drug-likeness (QED) is 0.625. The number of aromatic nitrogens is 2. The summed E-state index contributed by atoms with van der Waals surface area (Å²) in [7, 11) is 0. The van der Waals surface area contributed by atoms with E-state index in [0.717, 1.165) is 12.4 Å². The first-order valence-corrected chi connectivity index (χ1v) is 5.70. The highest BCUT2D eigenvalue weighted by atomic mass is 19.4. The first-order chi connectivity index (χ1) is 10.1. The number of alkyl halides is 6. The van der Waals surface area contributed by atoms with Gasteiger partial charge in [0.15, 0.2) is 0 Å². The van der Waals surface area contributed by atoms with E-state index in [1.807, 2.05) is 0 Å². The topological polar surface area (TPSA) is 42.9 Å². The highest BCUT2D eigenvalue weighted by Gasteiger charge is 2.33. The van der Waals surface area contributed by atoms with E-state index < -0.39 is 40.7 Å². The molecule has 0 spiro atoms. The van der Waals surface area contributed by atoms with E-state index >= 15 is 0 Å². The van der Waals surface area contributed by atoms with E-state index in [0.29, 0.717) is 24.3 Å². The first kappa shape index (κ1) is 15.9. The molecule has 0 aliphatic rings. The van der Waals surface area contributed by atoms with E-state index in [1.165, 1.54) is 0 Å². The highest BCUT2D eigenvalue weighted by molar-refractivity contribution is 6.06. The minimum Gasteiger partial charge on any atom is -0.285 e. The third-order valence-corrected chi connectivity index (χ3v) is 2.64. The Morgan fingerprint density at radius 2 is 1.14 bits per heavy atom. The van der Waals surface area contributed by atoms with Crippen LogP contribution in [0.25, 0.3) is 0 Å². The molecule has 0 unspecified atom stereocenters. The molecule has 9 heteroatoms. The van der Waals surface area contributed by atoms with Gasteiger partial charge in [-0.2, -0.15) is 26.3 Å². The van der Waals surface area contributed by atoms with E-state index in [4.69, 9.17) is 0 Å². The van der Waals surface area contributed by atoms with Gasteiger partial charge in [0.05, 0.1) is 11.1 Å². The summed E-state index contributed by atoms with van der Waals surface area (Å²) in [6, 6.07) is 2.22. The monoisotopic (exact) mass is 320 g/mol. The van der Waals surface area contributed by atoms with Crippen LogP contribution < -0.4 is 0 Å². The molecule has 0 saturated carbocycles. The van der Waals surface area contributed by atoms with Gasteiger partial charge < -0.3 is 0 Å². The summed E-state index contributed by atoms with van der Waals surface area (Å²) in [6.07, 6.45) is -7.88. The molecular formula is C13H6F6N2O. The van der Waals surface area contributed by atoms with Gasteiger partial charge in [0.2, 0.25) is 5.78 Å². The fourth-order valence-electron chi connectivity index (χ4n) is 1.59. The third-order valence-electron chi connectivity index (χ3n) is 2.64. The molecule has 0 atom stereocenters. The smallest absolute Gasteiger partial charge is 0.285 e. The van der Waals surface area contributed by atoms with Crippen molar-refractivity contribution < 1.29 is 31.1 Å². The molecule has 2 heterocycles. The molecule has 2 aromatic heterocycles. The van der Waals surface area contributed by atoms with Crippen molar-refractivity contribution in [1.82, 2.24) is 9.97 Å². The summed E-state index contributed by atoms with van der Waals surface area (Å²) in [4.78, 5) is 18.8. The van der Waals surface area contributed by atoms with Crippen LogP contribution in [0.1, 0.15) is 27.3 Å². The number of nitrogens with zero attached hydrogens (tertiary/aromatic N) is 2. The Bertz CT molecular complexity index is 649. The van der Waals surface area contributed by atoms with Gasteiger partial charge in [-0.1, -0.05) is 0 Å². The van der Waals surface area contributed by atoms with Crippen LogP contribution in [0.5, 0.6) is 0 Å². The molecule has 3 nitrogen and oxygen atoms in total. The van der Waals surface area contributed by atoms with Crippen molar-refractivity contribution in [2.75, 3.05) is 0 Å². The van der Waals surface area contributed by atoms with Crippen LogP contribution in [0, 0.1) is 0 Å². The second-order valence-corrected chi connectivity index (χ2v) is 4.18. The average molecular weight is 320 g/mol. The summed E-state index contributed by atoms with van der Waals surface area (Å²) >= 11 is 0. The lowest BCUT2D eigenvalue weighted by Gasteiger charge is -2.09. The van der Waals surface area contributed by atoms with Gasteiger partial charge >= 0.3 is 12.4 Å². The zero-order valence-electron chi connectivity index (χ0n) is 10.5. The number of carbonyl (C=O) groups excluding carboxylic acids is 1. The molecule has 0 fully saturated rings. The average Bonchev–Trinajstić information content (AvgIpc) is 2.45. The Labute approximate surface area is 119 Å². The van der Waals surface area contributed by atoms with Crippen molar-refractivity contribution in [2.24, 2.45) is 0 Å². The van der Waals surface area contributed by atoms with E-state index in [9.17, 15) is 31.1 Å². The van der Waals surface area contributed by atoms with Crippen LogP contribution in [-0.4, -0.2) is 15.8 Å². The predicted octanol–water partition coefficient (Wildman–Crippen LogP) is 3.75. The molecule has 0 N–H and O–H groups in total. The fraction of sp³-hybridized carbons (Fsp3) is 0.154. The number of pyridine rings is 2. The molecule has 0 bridgehead atoms. The van der Waals surface area contributed by atoms with Crippen LogP contribution in [0.4, 0.5) is 26.3 Å². The lowest BCUT2D eigenvalue weighted by molar-refractivity contribution is -0.138. The molecule has 2 rings (SSSR count). The predicted molar refractivity (Wildman–Crippen MR) is 61.9 cm³/mol. The molecule has 0 amide bonds. The molecule has 0 aromatic carbocycles. The van der Waals surface area contributed by atoms with Crippen molar-refractivity contribution in [3.8, 4) is 0 Å². The van der Waals surface area contributed by atoms with Gasteiger partial charge in [0, 0.05) is 12.4 Å². The lowest BCUT2D eigenvalue weighted by Crippen LogP contribution is -2.12.